The maximum Gasteiger partial charge on any atom is 0.161 e. The van der Waals surface area contributed by atoms with E-state index in [9.17, 15) is 0 Å². The molecule has 0 unspecified atom stereocenters. The Labute approximate surface area is 92.2 Å². The molecule has 84 valence electrons. The quantitative estimate of drug-likeness (QED) is 0.758. The molecule has 0 aliphatic carbocycles. The molecule has 1 aromatic rings. The summed E-state index contributed by atoms with van der Waals surface area (Å²) < 4.78 is 10.8. The van der Waals surface area contributed by atoms with Crippen LogP contribution in [-0.2, 0) is 5.41 Å². The van der Waals surface area contributed by atoms with Crippen LogP contribution in [0.2, 0.25) is 0 Å². The number of hydrogen-bond acceptors (Lipinski definition) is 2. The highest BCUT2D eigenvalue weighted by atomic mass is 16.5. The van der Waals surface area contributed by atoms with Crippen LogP contribution in [0.25, 0.3) is 0 Å². The van der Waals surface area contributed by atoms with Crippen molar-refractivity contribution in [3.63, 3.8) is 0 Å². The third-order valence-electron chi connectivity index (χ3n) is 2.33. The molecular formula is C13H20O2. The van der Waals surface area contributed by atoms with Crippen molar-refractivity contribution < 1.29 is 9.47 Å². The molecule has 0 aromatic heterocycles. The van der Waals surface area contributed by atoms with E-state index in [0.29, 0.717) is 6.61 Å². The number of methoxy groups -OCH3 is 1. The van der Waals surface area contributed by atoms with E-state index in [-0.39, 0.29) is 5.41 Å². The minimum Gasteiger partial charge on any atom is -0.493 e. The second-order valence-electron chi connectivity index (χ2n) is 4.55. The second kappa shape index (κ2) is 4.56. The maximum absolute atomic E-state index is 5.47. The minimum atomic E-state index is 0.137. The van der Waals surface area contributed by atoms with E-state index in [0.717, 1.165) is 11.5 Å². The van der Waals surface area contributed by atoms with Crippen molar-refractivity contribution in [2.45, 2.75) is 33.1 Å². The lowest BCUT2D eigenvalue weighted by atomic mass is 9.87. The Morgan fingerprint density at radius 2 is 1.80 bits per heavy atom. The van der Waals surface area contributed by atoms with Gasteiger partial charge >= 0.3 is 0 Å². The summed E-state index contributed by atoms with van der Waals surface area (Å²) in [4.78, 5) is 0. The zero-order valence-electron chi connectivity index (χ0n) is 10.3. The summed E-state index contributed by atoms with van der Waals surface area (Å²) in [6, 6.07) is 6.11. The molecule has 1 rings (SSSR count). The SMILES string of the molecule is CCOc1ccc(C(C)(C)C)cc1OC. The van der Waals surface area contributed by atoms with Gasteiger partial charge < -0.3 is 9.47 Å². The topological polar surface area (TPSA) is 18.5 Å². The fraction of sp³-hybridized carbons (Fsp3) is 0.538. The predicted molar refractivity (Wildman–Crippen MR) is 62.9 cm³/mol. The van der Waals surface area contributed by atoms with Crippen LogP contribution < -0.4 is 9.47 Å². The van der Waals surface area contributed by atoms with Gasteiger partial charge in [-0.05, 0) is 30.0 Å². The Morgan fingerprint density at radius 1 is 1.13 bits per heavy atom. The normalized spacial score (nSPS) is 11.3. The lowest BCUT2D eigenvalue weighted by molar-refractivity contribution is 0.310. The minimum absolute atomic E-state index is 0.137. The third-order valence-corrected chi connectivity index (χ3v) is 2.33. The molecule has 0 saturated carbocycles. The van der Waals surface area contributed by atoms with E-state index in [1.54, 1.807) is 7.11 Å². The van der Waals surface area contributed by atoms with E-state index >= 15 is 0 Å². The average Bonchev–Trinajstić information content (AvgIpc) is 2.17. The number of rotatable bonds is 3. The highest BCUT2D eigenvalue weighted by Crippen LogP contribution is 2.32. The molecule has 0 bridgehead atoms. The van der Waals surface area contributed by atoms with Crippen molar-refractivity contribution in [1.82, 2.24) is 0 Å². The first-order chi connectivity index (χ1) is 6.99. The molecule has 0 fully saturated rings. The zero-order valence-corrected chi connectivity index (χ0v) is 10.3. The van der Waals surface area contributed by atoms with E-state index in [4.69, 9.17) is 9.47 Å². The highest BCUT2D eigenvalue weighted by Gasteiger charge is 2.16. The molecule has 0 amide bonds. The van der Waals surface area contributed by atoms with Gasteiger partial charge in [0.05, 0.1) is 13.7 Å². The van der Waals surface area contributed by atoms with Crippen LogP contribution in [0.3, 0.4) is 0 Å². The van der Waals surface area contributed by atoms with Gasteiger partial charge in [-0.3, -0.25) is 0 Å². The van der Waals surface area contributed by atoms with Crippen LogP contribution in [0.15, 0.2) is 18.2 Å². The van der Waals surface area contributed by atoms with Gasteiger partial charge in [0.1, 0.15) is 0 Å². The van der Waals surface area contributed by atoms with Crippen molar-refractivity contribution in [3.8, 4) is 11.5 Å². The molecule has 15 heavy (non-hydrogen) atoms. The van der Waals surface area contributed by atoms with Gasteiger partial charge in [0.2, 0.25) is 0 Å². The fourth-order valence-electron chi connectivity index (χ4n) is 1.41. The van der Waals surface area contributed by atoms with Gasteiger partial charge in [0, 0.05) is 0 Å². The Balaban J connectivity index is 3.08. The number of ether oxygens (including phenoxy) is 2. The summed E-state index contributed by atoms with van der Waals surface area (Å²) in [5, 5.41) is 0. The monoisotopic (exact) mass is 208 g/mol. The van der Waals surface area contributed by atoms with Crippen molar-refractivity contribution >= 4 is 0 Å². The summed E-state index contributed by atoms with van der Waals surface area (Å²) in [6.45, 7) is 9.18. The molecule has 0 heterocycles. The predicted octanol–water partition coefficient (Wildman–Crippen LogP) is 3.39. The maximum atomic E-state index is 5.47. The van der Waals surface area contributed by atoms with E-state index < -0.39 is 0 Å². The van der Waals surface area contributed by atoms with Crippen LogP contribution in [0.1, 0.15) is 33.3 Å². The molecule has 1 aromatic carbocycles. The molecule has 0 saturated heterocycles. The zero-order chi connectivity index (χ0) is 11.5. The summed E-state index contributed by atoms with van der Waals surface area (Å²) in [7, 11) is 1.67. The number of hydrogen-bond donors (Lipinski definition) is 0. The van der Waals surface area contributed by atoms with Crippen LogP contribution in [0.5, 0.6) is 11.5 Å². The largest absolute Gasteiger partial charge is 0.493 e. The Kier molecular flexibility index (Phi) is 3.61. The molecule has 2 heteroatoms. The van der Waals surface area contributed by atoms with Gasteiger partial charge in [-0.25, -0.2) is 0 Å². The average molecular weight is 208 g/mol. The fourth-order valence-corrected chi connectivity index (χ4v) is 1.41. The molecule has 2 nitrogen and oxygen atoms in total. The molecule has 0 aliphatic rings. The van der Waals surface area contributed by atoms with E-state index in [1.807, 2.05) is 19.1 Å². The second-order valence-corrected chi connectivity index (χ2v) is 4.55. The third kappa shape index (κ3) is 2.88. The van der Waals surface area contributed by atoms with Gasteiger partial charge in [0.25, 0.3) is 0 Å². The standard InChI is InChI=1S/C13H20O2/c1-6-15-11-8-7-10(13(2,3)4)9-12(11)14-5/h7-9H,6H2,1-5H3. The molecule has 0 spiro atoms. The summed E-state index contributed by atoms with van der Waals surface area (Å²) >= 11 is 0. The molecule has 0 aliphatic heterocycles. The lowest BCUT2D eigenvalue weighted by Gasteiger charge is -2.20. The highest BCUT2D eigenvalue weighted by molar-refractivity contribution is 5.44. The summed E-state index contributed by atoms with van der Waals surface area (Å²) in [5.41, 5.74) is 1.39. The Hall–Kier alpha value is -1.18. The number of benzene rings is 1. The first-order valence-electron chi connectivity index (χ1n) is 5.30. The van der Waals surface area contributed by atoms with Gasteiger partial charge in [-0.2, -0.15) is 0 Å². The summed E-state index contributed by atoms with van der Waals surface area (Å²) in [6.07, 6.45) is 0. The van der Waals surface area contributed by atoms with Crippen molar-refractivity contribution in [3.05, 3.63) is 23.8 Å². The van der Waals surface area contributed by atoms with Gasteiger partial charge in [-0.1, -0.05) is 26.8 Å². The van der Waals surface area contributed by atoms with Crippen molar-refractivity contribution in [1.29, 1.82) is 0 Å². The van der Waals surface area contributed by atoms with E-state index in [1.165, 1.54) is 5.56 Å². The smallest absolute Gasteiger partial charge is 0.161 e. The van der Waals surface area contributed by atoms with Crippen LogP contribution in [0.4, 0.5) is 0 Å². The lowest BCUT2D eigenvalue weighted by Crippen LogP contribution is -2.11. The Morgan fingerprint density at radius 3 is 2.27 bits per heavy atom. The van der Waals surface area contributed by atoms with Crippen molar-refractivity contribution in [2.24, 2.45) is 0 Å². The van der Waals surface area contributed by atoms with Gasteiger partial charge in [-0.15, -0.1) is 0 Å². The first-order valence-corrected chi connectivity index (χ1v) is 5.30. The molecular weight excluding hydrogens is 188 g/mol. The Bertz CT molecular complexity index is 324. The van der Waals surface area contributed by atoms with Crippen LogP contribution >= 0.6 is 0 Å². The first kappa shape index (κ1) is 11.9. The van der Waals surface area contributed by atoms with E-state index in [2.05, 4.69) is 26.8 Å². The molecule has 0 N–H and O–H groups in total. The molecule has 0 atom stereocenters. The van der Waals surface area contributed by atoms with Crippen LogP contribution in [0, 0.1) is 0 Å². The molecule has 0 radical (unpaired) electrons. The summed E-state index contributed by atoms with van der Waals surface area (Å²) in [5.74, 6) is 1.62. The van der Waals surface area contributed by atoms with Crippen LogP contribution in [-0.4, -0.2) is 13.7 Å². The van der Waals surface area contributed by atoms with Crippen molar-refractivity contribution in [2.75, 3.05) is 13.7 Å². The van der Waals surface area contributed by atoms with Gasteiger partial charge in [0.15, 0.2) is 11.5 Å².